The average molecular weight is 350 g/mol. The van der Waals surface area contributed by atoms with Crippen LogP contribution in [0.2, 0.25) is 0 Å². The number of likely N-dealkylation sites (tertiary alicyclic amines) is 1. The summed E-state index contributed by atoms with van der Waals surface area (Å²) in [6.45, 7) is 1.62. The number of piperidine rings is 1. The van der Waals surface area contributed by atoms with E-state index in [4.69, 9.17) is 0 Å². The van der Waals surface area contributed by atoms with Crippen LogP contribution in [0.3, 0.4) is 0 Å². The van der Waals surface area contributed by atoms with E-state index < -0.39 is 11.5 Å². The first-order valence-corrected chi connectivity index (χ1v) is 9.56. The molecule has 1 fully saturated rings. The van der Waals surface area contributed by atoms with Crippen molar-refractivity contribution in [1.29, 1.82) is 0 Å². The summed E-state index contributed by atoms with van der Waals surface area (Å²) in [4.78, 5) is 14.6. The van der Waals surface area contributed by atoms with Gasteiger partial charge in [-0.25, -0.2) is 4.79 Å². The van der Waals surface area contributed by atoms with Gasteiger partial charge in [-0.2, -0.15) is 0 Å². The number of carboxylic acid groups (broad SMARTS) is 1. The molecule has 0 saturated carbocycles. The summed E-state index contributed by atoms with van der Waals surface area (Å²) in [7, 11) is 0. The maximum absolute atomic E-state index is 12.1. The first-order chi connectivity index (χ1) is 12.7. The van der Waals surface area contributed by atoms with Crippen LogP contribution >= 0.6 is 0 Å². The molecule has 1 atom stereocenters. The van der Waals surface area contributed by atoms with E-state index in [1.165, 1.54) is 24.0 Å². The molecule has 136 valence electrons. The van der Waals surface area contributed by atoms with Gasteiger partial charge < -0.3 is 10.4 Å². The van der Waals surface area contributed by atoms with Gasteiger partial charge in [0.2, 0.25) is 0 Å². The van der Waals surface area contributed by atoms with Crippen molar-refractivity contribution in [1.82, 2.24) is 4.90 Å². The summed E-state index contributed by atoms with van der Waals surface area (Å²) in [5.74, 6) is -0.745. The number of rotatable bonds is 4. The van der Waals surface area contributed by atoms with Crippen LogP contribution in [0.1, 0.15) is 42.9 Å². The minimum absolute atomic E-state index is 0.434. The largest absolute Gasteiger partial charge is 0.480 e. The summed E-state index contributed by atoms with van der Waals surface area (Å²) in [6.07, 6.45) is 4.79. The van der Waals surface area contributed by atoms with E-state index in [1.807, 2.05) is 30.3 Å². The summed E-state index contributed by atoms with van der Waals surface area (Å²) in [5, 5.41) is 13.2. The molecule has 2 aromatic rings. The Morgan fingerprint density at radius 3 is 2.46 bits per heavy atom. The molecule has 0 aromatic heterocycles. The van der Waals surface area contributed by atoms with Gasteiger partial charge in [0.15, 0.2) is 0 Å². The number of benzene rings is 2. The number of para-hydroxylation sites is 1. The second kappa shape index (κ2) is 7.12. The molecule has 0 unspecified atom stereocenters. The number of carboxylic acids is 1. The van der Waals surface area contributed by atoms with Gasteiger partial charge in [0, 0.05) is 24.8 Å². The fraction of sp³-hybridized carbons (Fsp3) is 0.409. The molecule has 4 rings (SSSR count). The third-order valence-corrected chi connectivity index (χ3v) is 6.00. The first kappa shape index (κ1) is 17.1. The van der Waals surface area contributed by atoms with Gasteiger partial charge in [-0.15, -0.1) is 0 Å². The fourth-order valence-corrected chi connectivity index (χ4v) is 4.52. The molecule has 2 aliphatic rings. The number of aryl methyl sites for hydroxylation is 1. The van der Waals surface area contributed by atoms with Gasteiger partial charge >= 0.3 is 5.97 Å². The van der Waals surface area contributed by atoms with E-state index in [9.17, 15) is 9.90 Å². The Morgan fingerprint density at radius 1 is 1.04 bits per heavy atom. The lowest BCUT2D eigenvalue weighted by molar-refractivity contribution is -0.144. The molecule has 4 nitrogen and oxygen atoms in total. The molecule has 0 bridgehead atoms. The lowest BCUT2D eigenvalue weighted by Gasteiger charge is -2.44. The SMILES string of the molecule is O=C(O)C1(Nc2ccccc2)CCN([C@@H]2CCCc3ccccc32)CC1. The molecule has 0 spiro atoms. The first-order valence-electron chi connectivity index (χ1n) is 9.56. The fourth-order valence-electron chi connectivity index (χ4n) is 4.52. The van der Waals surface area contributed by atoms with E-state index in [1.54, 1.807) is 0 Å². The molecule has 1 aliphatic carbocycles. The number of anilines is 1. The molecular weight excluding hydrogens is 324 g/mol. The van der Waals surface area contributed by atoms with Crippen LogP contribution in [0.15, 0.2) is 54.6 Å². The normalized spacial score (nSPS) is 22.4. The molecule has 0 amide bonds. The van der Waals surface area contributed by atoms with Crippen LogP contribution in [0, 0.1) is 0 Å². The van der Waals surface area contributed by atoms with Crippen LogP contribution in [-0.4, -0.2) is 34.6 Å². The van der Waals surface area contributed by atoms with Crippen molar-refractivity contribution in [2.24, 2.45) is 0 Å². The second-order valence-electron chi connectivity index (χ2n) is 7.52. The number of hydrogen-bond donors (Lipinski definition) is 2. The Hall–Kier alpha value is -2.33. The minimum Gasteiger partial charge on any atom is -0.480 e. The van der Waals surface area contributed by atoms with Crippen LogP contribution in [0.4, 0.5) is 5.69 Å². The molecule has 4 heteroatoms. The Kier molecular flexibility index (Phi) is 4.68. The average Bonchev–Trinajstić information content (AvgIpc) is 2.69. The number of nitrogens with zero attached hydrogens (tertiary/aromatic N) is 1. The molecule has 26 heavy (non-hydrogen) atoms. The van der Waals surface area contributed by atoms with Gasteiger partial charge in [0.1, 0.15) is 5.54 Å². The van der Waals surface area contributed by atoms with Gasteiger partial charge in [-0.1, -0.05) is 42.5 Å². The zero-order valence-corrected chi connectivity index (χ0v) is 15.0. The maximum Gasteiger partial charge on any atom is 0.329 e. The highest BCUT2D eigenvalue weighted by atomic mass is 16.4. The number of carbonyl (C=O) groups is 1. The molecular formula is C22H26N2O2. The summed E-state index contributed by atoms with van der Waals surface area (Å²) >= 11 is 0. The van der Waals surface area contributed by atoms with Crippen molar-refractivity contribution >= 4 is 11.7 Å². The van der Waals surface area contributed by atoms with E-state index in [2.05, 4.69) is 34.5 Å². The number of nitrogens with one attached hydrogen (secondary N) is 1. The van der Waals surface area contributed by atoms with E-state index in [-0.39, 0.29) is 0 Å². The van der Waals surface area contributed by atoms with Crippen LogP contribution in [-0.2, 0) is 11.2 Å². The molecule has 0 radical (unpaired) electrons. The van der Waals surface area contributed by atoms with Gasteiger partial charge in [-0.3, -0.25) is 4.90 Å². The smallest absolute Gasteiger partial charge is 0.329 e. The molecule has 1 saturated heterocycles. The highest BCUT2D eigenvalue weighted by Gasteiger charge is 2.43. The number of fused-ring (bicyclic) bond motifs is 1. The molecule has 2 aromatic carbocycles. The van der Waals surface area contributed by atoms with Crippen molar-refractivity contribution in [3.8, 4) is 0 Å². The quantitative estimate of drug-likeness (QED) is 0.872. The molecule has 2 N–H and O–H groups in total. The zero-order chi connectivity index (χ0) is 18.0. The standard InChI is InChI=1S/C22H26N2O2/c25-21(26)22(23-18-9-2-1-3-10-18)13-15-24(16-14-22)20-12-6-8-17-7-4-5-11-19(17)20/h1-5,7,9-11,20,23H,6,8,12-16H2,(H,25,26)/t20-/m1/s1. The second-order valence-corrected chi connectivity index (χ2v) is 7.52. The minimum atomic E-state index is -0.869. The molecule has 1 aliphatic heterocycles. The molecule has 1 heterocycles. The maximum atomic E-state index is 12.1. The zero-order valence-electron chi connectivity index (χ0n) is 15.0. The Balaban J connectivity index is 1.50. The van der Waals surface area contributed by atoms with Crippen molar-refractivity contribution in [3.63, 3.8) is 0 Å². The van der Waals surface area contributed by atoms with Crippen molar-refractivity contribution in [2.45, 2.75) is 43.7 Å². The van der Waals surface area contributed by atoms with Gasteiger partial charge in [0.05, 0.1) is 0 Å². The lowest BCUT2D eigenvalue weighted by atomic mass is 9.82. The van der Waals surface area contributed by atoms with Crippen LogP contribution < -0.4 is 5.32 Å². The van der Waals surface area contributed by atoms with Crippen molar-refractivity contribution < 1.29 is 9.90 Å². The predicted molar refractivity (Wildman–Crippen MR) is 103 cm³/mol. The summed E-state index contributed by atoms with van der Waals surface area (Å²) < 4.78 is 0. The summed E-state index contributed by atoms with van der Waals surface area (Å²) in [6, 6.07) is 18.9. The van der Waals surface area contributed by atoms with Gasteiger partial charge in [0.25, 0.3) is 0 Å². The van der Waals surface area contributed by atoms with E-state index in [0.29, 0.717) is 18.9 Å². The van der Waals surface area contributed by atoms with Crippen LogP contribution in [0.25, 0.3) is 0 Å². The topological polar surface area (TPSA) is 52.6 Å². The third kappa shape index (κ3) is 3.21. The Bertz CT molecular complexity index is 767. The van der Waals surface area contributed by atoms with Crippen molar-refractivity contribution in [3.05, 3.63) is 65.7 Å². The lowest BCUT2D eigenvalue weighted by Crippen LogP contribution is -2.55. The predicted octanol–water partition coefficient (Wildman–Crippen LogP) is 4.10. The van der Waals surface area contributed by atoms with Crippen LogP contribution in [0.5, 0.6) is 0 Å². The third-order valence-electron chi connectivity index (χ3n) is 6.00. The Morgan fingerprint density at radius 2 is 1.73 bits per heavy atom. The number of hydrogen-bond acceptors (Lipinski definition) is 3. The highest BCUT2D eigenvalue weighted by Crippen LogP contribution is 2.38. The monoisotopic (exact) mass is 350 g/mol. The number of aliphatic carboxylic acids is 1. The van der Waals surface area contributed by atoms with Gasteiger partial charge in [-0.05, 0) is 55.4 Å². The van der Waals surface area contributed by atoms with Crippen molar-refractivity contribution in [2.75, 3.05) is 18.4 Å². The van der Waals surface area contributed by atoms with E-state index >= 15 is 0 Å². The Labute approximate surface area is 154 Å². The highest BCUT2D eigenvalue weighted by molar-refractivity contribution is 5.83. The summed E-state index contributed by atoms with van der Waals surface area (Å²) in [5.41, 5.74) is 2.91. The van der Waals surface area contributed by atoms with E-state index in [0.717, 1.165) is 25.2 Å².